The molecule has 0 saturated carbocycles. The molecule has 0 fully saturated rings. The summed E-state index contributed by atoms with van der Waals surface area (Å²) in [6.07, 6.45) is 1.19. The zero-order valence-corrected chi connectivity index (χ0v) is 11.6. The summed E-state index contributed by atoms with van der Waals surface area (Å²) in [7, 11) is 0. The minimum absolute atomic E-state index is 0.637. The van der Waals surface area contributed by atoms with Crippen LogP contribution in [0.25, 0.3) is 11.1 Å². The maximum atomic E-state index is 2.36. The Morgan fingerprint density at radius 3 is 1.84 bits per heavy atom. The molecule has 1 aliphatic carbocycles. The molecule has 0 spiro atoms. The Labute approximate surface area is 115 Å². The lowest BCUT2D eigenvalue weighted by Gasteiger charge is -2.14. The van der Waals surface area contributed by atoms with Crippen LogP contribution < -0.4 is 0 Å². The van der Waals surface area contributed by atoms with E-state index in [4.69, 9.17) is 0 Å². The third-order valence-electron chi connectivity index (χ3n) is 4.37. The highest BCUT2D eigenvalue weighted by molar-refractivity contribution is 5.94. The van der Waals surface area contributed by atoms with Gasteiger partial charge in [0.15, 0.2) is 0 Å². The first-order valence-corrected chi connectivity index (χ1v) is 7.11. The summed E-state index contributed by atoms with van der Waals surface area (Å²) in [6, 6.07) is 21.7. The van der Waals surface area contributed by atoms with Crippen LogP contribution in [0.4, 0.5) is 0 Å². The van der Waals surface area contributed by atoms with Gasteiger partial charge < -0.3 is 0 Å². The summed E-state index contributed by atoms with van der Waals surface area (Å²) in [5.41, 5.74) is 5.85. The van der Waals surface area contributed by atoms with E-state index in [-0.39, 0.29) is 0 Å². The Hall–Kier alpha value is -1.82. The second-order valence-corrected chi connectivity index (χ2v) is 5.59. The van der Waals surface area contributed by atoms with Crippen molar-refractivity contribution in [3.63, 3.8) is 0 Å². The number of benzene rings is 2. The van der Waals surface area contributed by atoms with Crippen molar-refractivity contribution in [2.75, 3.05) is 0 Å². The van der Waals surface area contributed by atoms with Crippen LogP contribution in [0.15, 0.2) is 60.7 Å². The highest BCUT2D eigenvalue weighted by atomic mass is 14.3. The predicted octanol–water partition coefficient (Wildman–Crippen LogP) is 5.27. The lowest BCUT2D eigenvalue weighted by atomic mass is 9.90. The van der Waals surface area contributed by atoms with Crippen LogP contribution >= 0.6 is 0 Å². The fourth-order valence-corrected chi connectivity index (χ4v) is 3.14. The van der Waals surface area contributed by atoms with Gasteiger partial charge >= 0.3 is 0 Å². The average Bonchev–Trinajstić information content (AvgIpc) is 2.77. The highest BCUT2D eigenvalue weighted by Gasteiger charge is 2.29. The molecule has 0 heterocycles. The zero-order chi connectivity index (χ0) is 13.2. The van der Waals surface area contributed by atoms with Gasteiger partial charge in [0, 0.05) is 0 Å². The second kappa shape index (κ2) is 5.05. The third kappa shape index (κ3) is 2.23. The van der Waals surface area contributed by atoms with Gasteiger partial charge in [0.2, 0.25) is 0 Å². The Balaban J connectivity index is 2.14. The van der Waals surface area contributed by atoms with Crippen molar-refractivity contribution in [2.45, 2.75) is 20.3 Å². The second-order valence-electron chi connectivity index (χ2n) is 5.59. The molecule has 3 rings (SSSR count). The van der Waals surface area contributed by atoms with E-state index in [1.807, 2.05) is 0 Å². The van der Waals surface area contributed by atoms with Crippen LogP contribution in [0.3, 0.4) is 0 Å². The van der Waals surface area contributed by atoms with Gasteiger partial charge in [-0.25, -0.2) is 0 Å². The van der Waals surface area contributed by atoms with Crippen LogP contribution in [0.1, 0.15) is 31.4 Å². The number of hydrogen-bond donors (Lipinski definition) is 0. The molecule has 0 N–H and O–H groups in total. The van der Waals surface area contributed by atoms with Crippen LogP contribution in [0.5, 0.6) is 0 Å². The lowest BCUT2D eigenvalue weighted by molar-refractivity contribution is 0.509. The number of hydrogen-bond acceptors (Lipinski definition) is 0. The van der Waals surface area contributed by atoms with Crippen molar-refractivity contribution < 1.29 is 0 Å². The average molecular weight is 248 g/mol. The van der Waals surface area contributed by atoms with E-state index in [1.165, 1.54) is 23.1 Å². The summed E-state index contributed by atoms with van der Waals surface area (Å²) in [6.45, 7) is 4.73. The third-order valence-corrected chi connectivity index (χ3v) is 4.37. The molecule has 0 heteroatoms. The largest absolute Gasteiger partial charge is 0.0622 e. The van der Waals surface area contributed by atoms with E-state index in [9.17, 15) is 0 Å². The maximum absolute atomic E-state index is 2.36. The Morgan fingerprint density at radius 1 is 0.737 bits per heavy atom. The van der Waals surface area contributed by atoms with E-state index in [0.717, 1.165) is 5.92 Å². The van der Waals surface area contributed by atoms with Gasteiger partial charge in [0.25, 0.3) is 0 Å². The highest BCUT2D eigenvalue weighted by Crippen LogP contribution is 2.46. The predicted molar refractivity (Wildman–Crippen MR) is 82.6 cm³/mol. The summed E-state index contributed by atoms with van der Waals surface area (Å²) in [5, 5.41) is 0. The molecule has 1 aliphatic rings. The van der Waals surface area contributed by atoms with Crippen LogP contribution in [0.2, 0.25) is 0 Å². The molecule has 0 aliphatic heterocycles. The Kier molecular flexibility index (Phi) is 3.25. The number of rotatable bonds is 2. The van der Waals surface area contributed by atoms with Crippen molar-refractivity contribution in [1.82, 2.24) is 0 Å². The quantitative estimate of drug-likeness (QED) is 0.679. The van der Waals surface area contributed by atoms with E-state index < -0.39 is 0 Å². The molecule has 0 unspecified atom stereocenters. The standard InChI is InChI=1S/C19H20/c1-14-13-18(16-9-5-3-6-10-16)19(15(14)2)17-11-7-4-8-12-17/h3-12,14-15H,13H2,1-2H3/t14-,15+/m1/s1. The first kappa shape index (κ1) is 12.2. The van der Waals surface area contributed by atoms with Gasteiger partial charge in [0.05, 0.1) is 0 Å². The van der Waals surface area contributed by atoms with Crippen LogP contribution in [-0.2, 0) is 0 Å². The fourth-order valence-electron chi connectivity index (χ4n) is 3.14. The van der Waals surface area contributed by atoms with E-state index in [2.05, 4.69) is 74.5 Å². The van der Waals surface area contributed by atoms with Crippen molar-refractivity contribution >= 4 is 11.1 Å². The van der Waals surface area contributed by atoms with E-state index in [0.29, 0.717) is 5.92 Å². The summed E-state index contributed by atoms with van der Waals surface area (Å²) >= 11 is 0. The SMILES string of the molecule is C[C@@H]1CC(c2ccccc2)=C(c2ccccc2)[C@H]1C. The topological polar surface area (TPSA) is 0 Å². The molecule has 0 saturated heterocycles. The molecular weight excluding hydrogens is 228 g/mol. The molecule has 2 aromatic carbocycles. The van der Waals surface area contributed by atoms with Crippen molar-refractivity contribution in [3.05, 3.63) is 71.8 Å². The van der Waals surface area contributed by atoms with Gasteiger partial charge in [-0.3, -0.25) is 0 Å². The van der Waals surface area contributed by atoms with Gasteiger partial charge in [-0.15, -0.1) is 0 Å². The van der Waals surface area contributed by atoms with Gasteiger partial charge in [-0.05, 0) is 40.5 Å². The summed E-state index contributed by atoms with van der Waals surface area (Å²) in [4.78, 5) is 0. The molecule has 19 heavy (non-hydrogen) atoms. The fraction of sp³-hybridized carbons (Fsp3) is 0.263. The molecular formula is C19H20. The smallest absolute Gasteiger partial charge is 0.0153 e. The Bertz CT molecular complexity index is 578. The minimum atomic E-state index is 0.637. The van der Waals surface area contributed by atoms with Crippen LogP contribution in [0, 0.1) is 11.8 Å². The molecule has 0 radical (unpaired) electrons. The number of allylic oxidation sites excluding steroid dienone is 2. The summed E-state index contributed by atoms with van der Waals surface area (Å²) < 4.78 is 0. The molecule has 0 aromatic heterocycles. The summed E-state index contributed by atoms with van der Waals surface area (Å²) in [5.74, 6) is 1.36. The molecule has 2 aromatic rings. The van der Waals surface area contributed by atoms with Crippen molar-refractivity contribution in [3.8, 4) is 0 Å². The zero-order valence-electron chi connectivity index (χ0n) is 11.6. The lowest BCUT2D eigenvalue weighted by Crippen LogP contribution is -2.02. The first-order valence-electron chi connectivity index (χ1n) is 7.11. The molecule has 96 valence electrons. The van der Waals surface area contributed by atoms with E-state index >= 15 is 0 Å². The normalized spacial score (nSPS) is 22.8. The van der Waals surface area contributed by atoms with Crippen LogP contribution in [-0.4, -0.2) is 0 Å². The molecule has 0 nitrogen and oxygen atoms in total. The maximum Gasteiger partial charge on any atom is -0.0153 e. The van der Waals surface area contributed by atoms with Crippen molar-refractivity contribution in [2.24, 2.45) is 11.8 Å². The van der Waals surface area contributed by atoms with Gasteiger partial charge in [0.1, 0.15) is 0 Å². The van der Waals surface area contributed by atoms with Gasteiger partial charge in [-0.1, -0.05) is 74.5 Å². The minimum Gasteiger partial charge on any atom is -0.0622 e. The molecule has 0 bridgehead atoms. The molecule has 0 amide bonds. The van der Waals surface area contributed by atoms with Gasteiger partial charge in [-0.2, -0.15) is 0 Å². The first-order chi connectivity index (χ1) is 9.27. The Morgan fingerprint density at radius 2 is 1.26 bits per heavy atom. The van der Waals surface area contributed by atoms with Crippen molar-refractivity contribution in [1.29, 1.82) is 0 Å². The molecule has 2 atom stereocenters. The van der Waals surface area contributed by atoms with E-state index in [1.54, 1.807) is 5.57 Å². The monoisotopic (exact) mass is 248 g/mol.